The van der Waals surface area contributed by atoms with E-state index in [1.165, 1.54) is 16.8 Å². The van der Waals surface area contributed by atoms with Crippen LogP contribution in [0.25, 0.3) is 0 Å². The summed E-state index contributed by atoms with van der Waals surface area (Å²) in [7, 11) is 0. The Kier molecular flexibility index (Phi) is 7.50. The van der Waals surface area contributed by atoms with Crippen LogP contribution in [0.2, 0.25) is 0 Å². The second-order valence-corrected chi connectivity index (χ2v) is 8.73. The number of benzene rings is 1. The molecular formula is C25H36N4O3. The maximum atomic E-state index is 13.4. The van der Waals surface area contributed by atoms with E-state index in [1.807, 2.05) is 0 Å². The highest BCUT2D eigenvalue weighted by Gasteiger charge is 2.27. The van der Waals surface area contributed by atoms with Crippen LogP contribution in [0.1, 0.15) is 32.9 Å². The van der Waals surface area contributed by atoms with Gasteiger partial charge in [-0.2, -0.15) is 0 Å². The van der Waals surface area contributed by atoms with Gasteiger partial charge in [0, 0.05) is 57.1 Å². The first kappa shape index (κ1) is 22.8. The van der Waals surface area contributed by atoms with E-state index >= 15 is 0 Å². The van der Waals surface area contributed by atoms with E-state index in [0.29, 0.717) is 13.1 Å². The molecule has 1 aromatic carbocycles. The zero-order valence-electron chi connectivity index (χ0n) is 19.7. The quantitative estimate of drug-likeness (QED) is 0.716. The largest absolute Gasteiger partial charge is 0.379 e. The zero-order valence-corrected chi connectivity index (χ0v) is 19.7. The number of carbonyl (C=O) groups is 1. The third-order valence-corrected chi connectivity index (χ3v) is 6.68. The average molecular weight is 441 g/mol. The Morgan fingerprint density at radius 3 is 2.31 bits per heavy atom. The fourth-order valence-electron chi connectivity index (χ4n) is 4.82. The van der Waals surface area contributed by atoms with Crippen LogP contribution in [-0.4, -0.2) is 81.1 Å². The third kappa shape index (κ3) is 5.00. The number of nitrogens with zero attached hydrogens (tertiary/aromatic N) is 3. The van der Waals surface area contributed by atoms with Gasteiger partial charge in [-0.1, -0.05) is 24.3 Å². The number of amides is 1. The number of aryl methyl sites for hydroxylation is 1. The summed E-state index contributed by atoms with van der Waals surface area (Å²) in [6.45, 7) is 15.1. The second-order valence-electron chi connectivity index (χ2n) is 8.73. The molecule has 1 amide bonds. The Morgan fingerprint density at radius 2 is 1.62 bits per heavy atom. The fraction of sp³-hybridized carbons (Fsp3) is 0.560. The number of hydrogen-bond acceptors (Lipinski definition) is 5. The summed E-state index contributed by atoms with van der Waals surface area (Å²) in [5.74, 6) is 0.00644. The summed E-state index contributed by atoms with van der Waals surface area (Å²) in [5.41, 5.74) is 6.63. The molecule has 2 aromatic rings. The van der Waals surface area contributed by atoms with E-state index in [9.17, 15) is 4.79 Å². The Bertz CT molecular complexity index is 928. The molecule has 1 aromatic heterocycles. The van der Waals surface area contributed by atoms with Crippen molar-refractivity contribution in [2.45, 2.75) is 27.3 Å². The molecule has 4 rings (SSSR count). The van der Waals surface area contributed by atoms with Crippen LogP contribution in [0.15, 0.2) is 24.3 Å². The molecule has 7 heteroatoms. The number of rotatable bonds is 7. The van der Waals surface area contributed by atoms with Gasteiger partial charge in [0.2, 0.25) is 0 Å². The average Bonchev–Trinajstić information content (AvgIpc) is 3.06. The lowest BCUT2D eigenvalue weighted by atomic mass is 10.1. The minimum Gasteiger partial charge on any atom is -0.379 e. The summed E-state index contributed by atoms with van der Waals surface area (Å²) in [5, 5.41) is 3.19. The van der Waals surface area contributed by atoms with E-state index in [4.69, 9.17) is 9.47 Å². The number of carbonyl (C=O) groups excluding carboxylic acids is 1. The Hall–Kier alpha value is -2.35. The molecule has 1 N–H and O–H groups in total. The number of morpholine rings is 2. The van der Waals surface area contributed by atoms with Gasteiger partial charge in [-0.3, -0.25) is 9.69 Å². The molecule has 7 nitrogen and oxygen atoms in total. The summed E-state index contributed by atoms with van der Waals surface area (Å²) >= 11 is 0. The van der Waals surface area contributed by atoms with Gasteiger partial charge in [0.05, 0.1) is 32.1 Å². The van der Waals surface area contributed by atoms with Crippen LogP contribution < -0.4 is 10.2 Å². The van der Waals surface area contributed by atoms with E-state index < -0.39 is 0 Å². The first-order chi connectivity index (χ1) is 15.6. The van der Waals surface area contributed by atoms with Crippen LogP contribution in [0, 0.1) is 20.8 Å². The molecule has 2 saturated heterocycles. The Labute approximate surface area is 191 Å². The molecule has 174 valence electrons. The minimum absolute atomic E-state index is 0.00644. The SMILES string of the molecule is Cc1ccccc1Cn1c(C)c(N2CCOCC2)c(C)c1C(=O)NCCN1CCOCC1. The van der Waals surface area contributed by atoms with Crippen LogP contribution >= 0.6 is 0 Å². The molecule has 0 bridgehead atoms. The summed E-state index contributed by atoms with van der Waals surface area (Å²) in [6, 6.07) is 8.41. The highest BCUT2D eigenvalue weighted by molar-refractivity contribution is 5.96. The molecule has 2 aliphatic rings. The Morgan fingerprint density at radius 1 is 0.969 bits per heavy atom. The molecule has 2 fully saturated rings. The summed E-state index contributed by atoms with van der Waals surface area (Å²) in [4.78, 5) is 18.1. The van der Waals surface area contributed by atoms with Gasteiger partial charge < -0.3 is 24.3 Å². The lowest BCUT2D eigenvalue weighted by Crippen LogP contribution is -2.41. The molecule has 0 aliphatic carbocycles. The predicted molar refractivity (Wildman–Crippen MR) is 127 cm³/mol. The van der Waals surface area contributed by atoms with Crippen molar-refractivity contribution in [3.05, 3.63) is 52.3 Å². The first-order valence-corrected chi connectivity index (χ1v) is 11.7. The number of ether oxygens (including phenoxy) is 2. The van der Waals surface area contributed by atoms with Gasteiger partial charge in [0.15, 0.2) is 0 Å². The lowest BCUT2D eigenvalue weighted by Gasteiger charge is -2.29. The molecule has 3 heterocycles. The maximum absolute atomic E-state index is 13.4. The smallest absolute Gasteiger partial charge is 0.268 e. The number of nitrogens with one attached hydrogen (secondary N) is 1. The van der Waals surface area contributed by atoms with Gasteiger partial charge in [-0.15, -0.1) is 0 Å². The summed E-state index contributed by atoms with van der Waals surface area (Å²) < 4.78 is 13.2. The molecular weight excluding hydrogens is 404 g/mol. The molecule has 0 radical (unpaired) electrons. The normalized spacial score (nSPS) is 17.5. The van der Waals surface area contributed by atoms with Crippen molar-refractivity contribution in [1.82, 2.24) is 14.8 Å². The van der Waals surface area contributed by atoms with Crippen molar-refractivity contribution in [3.63, 3.8) is 0 Å². The predicted octanol–water partition coefficient (Wildman–Crippen LogP) is 2.36. The van der Waals surface area contributed by atoms with E-state index in [2.05, 4.69) is 64.7 Å². The number of anilines is 1. The lowest BCUT2D eigenvalue weighted by molar-refractivity contribution is 0.0383. The fourth-order valence-corrected chi connectivity index (χ4v) is 4.82. The van der Waals surface area contributed by atoms with Crippen LogP contribution in [0.5, 0.6) is 0 Å². The van der Waals surface area contributed by atoms with Crippen molar-refractivity contribution < 1.29 is 14.3 Å². The van der Waals surface area contributed by atoms with Crippen molar-refractivity contribution in [2.75, 3.05) is 70.6 Å². The number of aromatic nitrogens is 1. The van der Waals surface area contributed by atoms with E-state index in [-0.39, 0.29) is 5.91 Å². The second kappa shape index (κ2) is 10.5. The monoisotopic (exact) mass is 440 g/mol. The molecule has 0 atom stereocenters. The standard InChI is InChI=1S/C25H36N4O3/c1-19-6-4-5-7-22(19)18-29-21(3)23(28-12-16-32-17-13-28)20(2)24(29)25(30)26-8-9-27-10-14-31-15-11-27/h4-7H,8-18H2,1-3H3,(H,26,30). The van der Waals surface area contributed by atoms with Crippen molar-refractivity contribution >= 4 is 11.6 Å². The highest BCUT2D eigenvalue weighted by atomic mass is 16.5. The van der Waals surface area contributed by atoms with Crippen LogP contribution in [0.4, 0.5) is 5.69 Å². The van der Waals surface area contributed by atoms with Crippen molar-refractivity contribution in [2.24, 2.45) is 0 Å². The van der Waals surface area contributed by atoms with Gasteiger partial charge >= 0.3 is 0 Å². The highest BCUT2D eigenvalue weighted by Crippen LogP contribution is 2.32. The Balaban J connectivity index is 1.59. The maximum Gasteiger partial charge on any atom is 0.268 e. The van der Waals surface area contributed by atoms with Gasteiger partial charge in [0.1, 0.15) is 5.69 Å². The summed E-state index contributed by atoms with van der Waals surface area (Å²) in [6.07, 6.45) is 0. The van der Waals surface area contributed by atoms with Gasteiger partial charge in [-0.25, -0.2) is 0 Å². The minimum atomic E-state index is 0.00644. The molecule has 0 spiro atoms. The van der Waals surface area contributed by atoms with Crippen molar-refractivity contribution in [1.29, 1.82) is 0 Å². The van der Waals surface area contributed by atoms with Crippen LogP contribution in [0.3, 0.4) is 0 Å². The van der Waals surface area contributed by atoms with Crippen molar-refractivity contribution in [3.8, 4) is 0 Å². The third-order valence-electron chi connectivity index (χ3n) is 6.68. The van der Waals surface area contributed by atoms with Crippen LogP contribution in [-0.2, 0) is 16.0 Å². The van der Waals surface area contributed by atoms with E-state index in [0.717, 1.165) is 76.1 Å². The molecule has 32 heavy (non-hydrogen) atoms. The number of hydrogen-bond donors (Lipinski definition) is 1. The first-order valence-electron chi connectivity index (χ1n) is 11.7. The van der Waals surface area contributed by atoms with E-state index in [1.54, 1.807) is 0 Å². The van der Waals surface area contributed by atoms with Gasteiger partial charge in [0.25, 0.3) is 5.91 Å². The molecule has 0 unspecified atom stereocenters. The molecule has 2 aliphatic heterocycles. The van der Waals surface area contributed by atoms with Gasteiger partial charge in [-0.05, 0) is 31.9 Å². The topological polar surface area (TPSA) is 59.0 Å². The molecule has 0 saturated carbocycles. The zero-order chi connectivity index (χ0) is 22.5.